The molecule has 18 heavy (non-hydrogen) atoms. The Morgan fingerprint density at radius 2 is 1.94 bits per heavy atom. The molecule has 0 aliphatic heterocycles. The van der Waals surface area contributed by atoms with Crippen molar-refractivity contribution in [2.24, 2.45) is 0 Å². The third-order valence-corrected chi connectivity index (χ3v) is 3.40. The summed E-state index contributed by atoms with van der Waals surface area (Å²) in [5, 5.41) is 22.4. The number of halogens is 2. The van der Waals surface area contributed by atoms with Crippen molar-refractivity contribution in [3.05, 3.63) is 33.8 Å². The van der Waals surface area contributed by atoms with Crippen LogP contribution in [0.5, 0.6) is 0 Å². The molecule has 5 heteroatoms. The highest BCUT2D eigenvalue weighted by atomic mass is 35.5. The SMILES string of the molecule is CC(C)(Cc1ccc(Cl)c(Cl)c1)NC[C@@H](O)CO. The maximum absolute atomic E-state index is 9.32. The van der Waals surface area contributed by atoms with Crippen LogP contribution in [0.15, 0.2) is 18.2 Å². The summed E-state index contributed by atoms with van der Waals surface area (Å²) in [7, 11) is 0. The number of hydrogen-bond donors (Lipinski definition) is 3. The van der Waals surface area contributed by atoms with Gasteiger partial charge in [-0.05, 0) is 38.0 Å². The lowest BCUT2D eigenvalue weighted by molar-refractivity contribution is 0.0877. The number of nitrogens with one attached hydrogen (secondary N) is 1. The fourth-order valence-corrected chi connectivity index (χ4v) is 2.00. The number of aliphatic hydroxyl groups is 2. The van der Waals surface area contributed by atoms with Crippen LogP contribution in [0.3, 0.4) is 0 Å². The minimum absolute atomic E-state index is 0.201. The summed E-state index contributed by atoms with van der Waals surface area (Å²) in [6, 6.07) is 5.55. The van der Waals surface area contributed by atoms with Crippen molar-refractivity contribution in [1.29, 1.82) is 0 Å². The number of hydrogen-bond acceptors (Lipinski definition) is 3. The average Bonchev–Trinajstić information content (AvgIpc) is 2.30. The molecule has 0 unspecified atom stereocenters. The first-order valence-electron chi connectivity index (χ1n) is 5.82. The number of benzene rings is 1. The Morgan fingerprint density at radius 3 is 2.50 bits per heavy atom. The molecule has 1 aromatic rings. The smallest absolute Gasteiger partial charge is 0.0895 e. The molecule has 0 aromatic heterocycles. The molecule has 3 N–H and O–H groups in total. The van der Waals surface area contributed by atoms with E-state index in [1.807, 2.05) is 26.0 Å². The van der Waals surface area contributed by atoms with Crippen LogP contribution in [-0.4, -0.2) is 35.0 Å². The van der Waals surface area contributed by atoms with E-state index in [9.17, 15) is 5.11 Å². The molecule has 102 valence electrons. The quantitative estimate of drug-likeness (QED) is 0.754. The van der Waals surface area contributed by atoms with Gasteiger partial charge >= 0.3 is 0 Å². The highest BCUT2D eigenvalue weighted by molar-refractivity contribution is 6.42. The maximum atomic E-state index is 9.32. The molecule has 0 saturated heterocycles. The first kappa shape index (κ1) is 15.7. The molecular formula is C13H19Cl2NO2. The molecule has 0 aliphatic carbocycles. The lowest BCUT2D eigenvalue weighted by Gasteiger charge is -2.27. The minimum atomic E-state index is -0.738. The van der Waals surface area contributed by atoms with Gasteiger partial charge in [0.25, 0.3) is 0 Å². The zero-order chi connectivity index (χ0) is 13.8. The highest BCUT2D eigenvalue weighted by Crippen LogP contribution is 2.24. The van der Waals surface area contributed by atoms with Crippen molar-refractivity contribution < 1.29 is 10.2 Å². The minimum Gasteiger partial charge on any atom is -0.394 e. The van der Waals surface area contributed by atoms with Crippen LogP contribution in [-0.2, 0) is 6.42 Å². The van der Waals surface area contributed by atoms with Crippen molar-refractivity contribution in [2.45, 2.75) is 31.9 Å². The van der Waals surface area contributed by atoms with E-state index >= 15 is 0 Å². The Hall–Kier alpha value is -0.320. The summed E-state index contributed by atoms with van der Waals surface area (Å²) >= 11 is 11.8. The molecule has 1 atom stereocenters. The third kappa shape index (κ3) is 5.12. The summed E-state index contributed by atoms with van der Waals surface area (Å²) in [5.74, 6) is 0. The normalized spacial score (nSPS) is 13.7. The molecule has 0 saturated carbocycles. The van der Waals surface area contributed by atoms with Crippen molar-refractivity contribution >= 4 is 23.2 Å². The predicted octanol–water partition coefficient (Wildman–Crippen LogP) is 2.26. The second-order valence-corrected chi connectivity index (χ2v) is 5.84. The van der Waals surface area contributed by atoms with Gasteiger partial charge in [0, 0.05) is 12.1 Å². The van der Waals surface area contributed by atoms with Crippen LogP contribution in [0.2, 0.25) is 10.0 Å². The van der Waals surface area contributed by atoms with E-state index in [2.05, 4.69) is 5.32 Å². The zero-order valence-electron chi connectivity index (χ0n) is 10.6. The topological polar surface area (TPSA) is 52.5 Å². The van der Waals surface area contributed by atoms with Gasteiger partial charge in [-0.2, -0.15) is 0 Å². The fraction of sp³-hybridized carbons (Fsp3) is 0.538. The summed E-state index contributed by atoms with van der Waals surface area (Å²) < 4.78 is 0. The van der Waals surface area contributed by atoms with Gasteiger partial charge in [0.2, 0.25) is 0 Å². The molecule has 0 amide bonds. The lowest BCUT2D eigenvalue weighted by atomic mass is 9.95. The molecule has 0 spiro atoms. The molecule has 0 heterocycles. The second kappa shape index (κ2) is 6.73. The first-order chi connectivity index (χ1) is 8.34. The number of β-amino-alcohol motifs (C(OH)–C–C–N with tert-alkyl or cyclic N) is 1. The van der Waals surface area contributed by atoms with Crippen LogP contribution in [0, 0.1) is 0 Å². The molecule has 0 aliphatic rings. The van der Waals surface area contributed by atoms with Gasteiger partial charge in [0.1, 0.15) is 0 Å². The maximum Gasteiger partial charge on any atom is 0.0895 e. The van der Waals surface area contributed by atoms with E-state index in [4.69, 9.17) is 28.3 Å². The molecule has 0 fully saturated rings. The Balaban J connectivity index is 2.61. The molecule has 1 rings (SSSR count). The largest absolute Gasteiger partial charge is 0.394 e. The summed E-state index contributed by atoms with van der Waals surface area (Å²) in [4.78, 5) is 0. The van der Waals surface area contributed by atoms with Crippen molar-refractivity contribution in [2.75, 3.05) is 13.2 Å². The third-order valence-electron chi connectivity index (χ3n) is 2.66. The molecule has 0 bridgehead atoms. The Morgan fingerprint density at radius 1 is 1.28 bits per heavy atom. The van der Waals surface area contributed by atoms with E-state index in [-0.39, 0.29) is 12.1 Å². The Kier molecular flexibility index (Phi) is 5.89. The van der Waals surface area contributed by atoms with Gasteiger partial charge in [0.15, 0.2) is 0 Å². The predicted molar refractivity (Wildman–Crippen MR) is 75.3 cm³/mol. The fourth-order valence-electron chi connectivity index (χ4n) is 1.68. The molecule has 3 nitrogen and oxygen atoms in total. The molecule has 0 radical (unpaired) electrons. The summed E-state index contributed by atoms with van der Waals surface area (Å²) in [6.45, 7) is 4.17. The number of rotatable bonds is 6. The summed E-state index contributed by atoms with van der Waals surface area (Å²) in [5.41, 5.74) is 0.869. The van der Waals surface area contributed by atoms with Crippen LogP contribution >= 0.6 is 23.2 Å². The van der Waals surface area contributed by atoms with Crippen LogP contribution in [0.4, 0.5) is 0 Å². The van der Waals surface area contributed by atoms with E-state index in [0.717, 1.165) is 12.0 Å². The number of aliphatic hydroxyl groups excluding tert-OH is 2. The van der Waals surface area contributed by atoms with Gasteiger partial charge in [-0.1, -0.05) is 29.3 Å². The van der Waals surface area contributed by atoms with E-state index in [0.29, 0.717) is 16.6 Å². The van der Waals surface area contributed by atoms with Gasteiger partial charge in [-0.3, -0.25) is 0 Å². The van der Waals surface area contributed by atoms with Gasteiger partial charge in [-0.25, -0.2) is 0 Å². The van der Waals surface area contributed by atoms with E-state index < -0.39 is 6.10 Å². The van der Waals surface area contributed by atoms with Crippen LogP contribution in [0.1, 0.15) is 19.4 Å². The monoisotopic (exact) mass is 291 g/mol. The second-order valence-electron chi connectivity index (χ2n) is 5.03. The zero-order valence-corrected chi connectivity index (χ0v) is 12.1. The van der Waals surface area contributed by atoms with Crippen molar-refractivity contribution in [3.8, 4) is 0 Å². The molecular weight excluding hydrogens is 273 g/mol. The van der Waals surface area contributed by atoms with Crippen LogP contribution < -0.4 is 5.32 Å². The molecule has 1 aromatic carbocycles. The first-order valence-corrected chi connectivity index (χ1v) is 6.57. The van der Waals surface area contributed by atoms with Crippen molar-refractivity contribution in [3.63, 3.8) is 0 Å². The van der Waals surface area contributed by atoms with Gasteiger partial charge < -0.3 is 15.5 Å². The van der Waals surface area contributed by atoms with E-state index in [1.165, 1.54) is 0 Å². The average molecular weight is 292 g/mol. The van der Waals surface area contributed by atoms with E-state index in [1.54, 1.807) is 6.07 Å². The van der Waals surface area contributed by atoms with Gasteiger partial charge in [0.05, 0.1) is 22.8 Å². The van der Waals surface area contributed by atoms with Crippen molar-refractivity contribution in [1.82, 2.24) is 5.32 Å². The Bertz CT molecular complexity index is 397. The van der Waals surface area contributed by atoms with Gasteiger partial charge in [-0.15, -0.1) is 0 Å². The lowest BCUT2D eigenvalue weighted by Crippen LogP contribution is -2.45. The Labute approximate surface area is 118 Å². The standard InChI is InChI=1S/C13H19Cl2NO2/c1-13(2,16-7-10(18)8-17)6-9-3-4-11(14)12(15)5-9/h3-5,10,16-18H,6-8H2,1-2H3/t10-/m1/s1. The summed E-state index contributed by atoms with van der Waals surface area (Å²) in [6.07, 6.45) is 0.0141. The highest BCUT2D eigenvalue weighted by Gasteiger charge is 2.19. The van der Waals surface area contributed by atoms with Crippen LogP contribution in [0.25, 0.3) is 0 Å².